The predicted octanol–water partition coefficient (Wildman–Crippen LogP) is 2.56. The predicted molar refractivity (Wildman–Crippen MR) is 72.4 cm³/mol. The lowest BCUT2D eigenvalue weighted by Gasteiger charge is -2.16. The highest BCUT2D eigenvalue weighted by molar-refractivity contribution is 5.99. The number of hydrogen-bond donors (Lipinski definition) is 2. The third-order valence-corrected chi connectivity index (χ3v) is 2.93. The van der Waals surface area contributed by atoms with Crippen LogP contribution in [0.15, 0.2) is 48.5 Å². The molecule has 0 aliphatic rings. The van der Waals surface area contributed by atoms with E-state index >= 15 is 0 Å². The average molecular weight is 253 g/mol. The van der Waals surface area contributed by atoms with Crippen LogP contribution in [0.25, 0.3) is 10.9 Å². The second-order valence-electron chi connectivity index (χ2n) is 4.06. The van der Waals surface area contributed by atoms with E-state index < -0.39 is 0 Å². The van der Waals surface area contributed by atoms with Gasteiger partial charge >= 0.3 is 0 Å². The first-order valence-electron chi connectivity index (χ1n) is 5.77. The van der Waals surface area contributed by atoms with Crippen molar-refractivity contribution in [2.45, 2.75) is 0 Å². The second-order valence-corrected chi connectivity index (χ2v) is 4.06. The van der Waals surface area contributed by atoms with Gasteiger partial charge in [-0.1, -0.05) is 24.3 Å². The molecule has 0 bridgehead atoms. The van der Waals surface area contributed by atoms with Gasteiger partial charge in [-0.3, -0.25) is 14.8 Å². The van der Waals surface area contributed by atoms with Crippen LogP contribution < -0.4 is 4.90 Å². The van der Waals surface area contributed by atoms with Crippen LogP contribution in [-0.4, -0.2) is 21.7 Å². The van der Waals surface area contributed by atoms with Gasteiger partial charge in [0.1, 0.15) is 5.75 Å². The highest BCUT2D eigenvalue weighted by Crippen LogP contribution is 2.33. The minimum atomic E-state index is 0.0293. The molecule has 0 unspecified atom stereocenters. The summed E-state index contributed by atoms with van der Waals surface area (Å²) in [5.41, 5.74) is 1.23. The van der Waals surface area contributed by atoms with E-state index in [0.29, 0.717) is 17.9 Å². The molecule has 3 aromatic rings. The van der Waals surface area contributed by atoms with Crippen molar-refractivity contribution in [1.29, 1.82) is 0 Å². The maximum atomic E-state index is 11.4. The summed E-state index contributed by atoms with van der Waals surface area (Å²) >= 11 is 0. The molecule has 0 atom stereocenters. The number of H-pyrrole nitrogens is 1. The van der Waals surface area contributed by atoms with E-state index in [1.807, 2.05) is 24.3 Å². The quantitative estimate of drug-likeness (QED) is 0.705. The van der Waals surface area contributed by atoms with Crippen LogP contribution in [-0.2, 0) is 4.79 Å². The van der Waals surface area contributed by atoms with Gasteiger partial charge in [-0.15, -0.1) is 0 Å². The summed E-state index contributed by atoms with van der Waals surface area (Å²) in [6, 6.07) is 14.1. The summed E-state index contributed by atoms with van der Waals surface area (Å²) in [6.07, 6.45) is 0.637. The fourth-order valence-electron chi connectivity index (χ4n) is 2.02. The molecule has 1 heterocycles. The van der Waals surface area contributed by atoms with Gasteiger partial charge in [0.15, 0.2) is 5.82 Å². The molecular formula is C14H11N3O2. The van der Waals surface area contributed by atoms with Gasteiger partial charge in [0.2, 0.25) is 6.41 Å². The number of aromatic nitrogens is 2. The van der Waals surface area contributed by atoms with E-state index in [1.165, 1.54) is 11.0 Å². The molecule has 1 amide bonds. The normalized spacial score (nSPS) is 10.5. The van der Waals surface area contributed by atoms with Crippen LogP contribution in [0, 0.1) is 0 Å². The minimum absolute atomic E-state index is 0.0293. The molecular weight excluding hydrogens is 242 g/mol. The molecule has 1 aromatic heterocycles. The molecule has 0 radical (unpaired) electrons. The number of nitrogens with one attached hydrogen (secondary N) is 1. The molecule has 0 saturated heterocycles. The van der Waals surface area contributed by atoms with Gasteiger partial charge in [0.25, 0.3) is 0 Å². The molecule has 0 aliphatic carbocycles. The van der Waals surface area contributed by atoms with Crippen LogP contribution >= 0.6 is 0 Å². The number of nitrogens with zero attached hydrogens (tertiary/aromatic N) is 2. The van der Waals surface area contributed by atoms with Gasteiger partial charge in [0, 0.05) is 5.39 Å². The Labute approximate surface area is 109 Å². The number of phenols is 1. The maximum absolute atomic E-state index is 11.4. The SMILES string of the molecule is O=CN(c1ccccc1O)c1n[nH]c2ccccc12. The fraction of sp³-hybridized carbons (Fsp3) is 0. The minimum Gasteiger partial charge on any atom is -0.506 e. The standard InChI is InChI=1S/C14H11N3O2/c18-9-17(12-7-3-4-8-13(12)19)14-10-5-1-2-6-11(10)15-16-14/h1-9,19H,(H,15,16). The number of carbonyl (C=O) groups is 1. The lowest BCUT2D eigenvalue weighted by atomic mass is 10.2. The van der Waals surface area contributed by atoms with E-state index in [9.17, 15) is 9.90 Å². The van der Waals surface area contributed by atoms with Gasteiger partial charge < -0.3 is 5.11 Å². The molecule has 0 aliphatic heterocycles. The van der Waals surface area contributed by atoms with Crippen molar-refractivity contribution in [3.63, 3.8) is 0 Å². The lowest BCUT2D eigenvalue weighted by molar-refractivity contribution is -0.106. The Bertz CT molecular complexity index is 736. The van der Waals surface area contributed by atoms with Crippen molar-refractivity contribution in [2.24, 2.45) is 0 Å². The van der Waals surface area contributed by atoms with Crippen molar-refractivity contribution in [3.05, 3.63) is 48.5 Å². The number of fused-ring (bicyclic) bond motifs is 1. The Hall–Kier alpha value is -2.82. The van der Waals surface area contributed by atoms with E-state index in [0.717, 1.165) is 10.9 Å². The number of aromatic amines is 1. The van der Waals surface area contributed by atoms with Gasteiger partial charge in [-0.2, -0.15) is 5.10 Å². The summed E-state index contributed by atoms with van der Waals surface area (Å²) < 4.78 is 0. The highest BCUT2D eigenvalue weighted by Gasteiger charge is 2.17. The molecule has 2 N–H and O–H groups in total. The van der Waals surface area contributed by atoms with Crippen molar-refractivity contribution in [1.82, 2.24) is 10.2 Å². The zero-order chi connectivity index (χ0) is 13.2. The maximum Gasteiger partial charge on any atom is 0.220 e. The van der Waals surface area contributed by atoms with E-state index in [1.54, 1.807) is 18.2 Å². The Morgan fingerprint density at radius 2 is 1.84 bits per heavy atom. The van der Waals surface area contributed by atoms with E-state index in [4.69, 9.17) is 0 Å². The van der Waals surface area contributed by atoms with Gasteiger partial charge in [-0.25, -0.2) is 0 Å². The average Bonchev–Trinajstić information content (AvgIpc) is 2.86. The second kappa shape index (κ2) is 4.45. The number of hydrogen-bond acceptors (Lipinski definition) is 3. The van der Waals surface area contributed by atoms with E-state index in [2.05, 4.69) is 10.2 Å². The fourth-order valence-corrected chi connectivity index (χ4v) is 2.02. The first-order chi connectivity index (χ1) is 9.31. The molecule has 2 aromatic carbocycles. The number of aromatic hydroxyl groups is 1. The van der Waals surface area contributed by atoms with Crippen LogP contribution in [0.4, 0.5) is 11.5 Å². The Kier molecular flexibility index (Phi) is 2.64. The molecule has 3 rings (SSSR count). The summed E-state index contributed by atoms with van der Waals surface area (Å²) in [7, 11) is 0. The molecule has 0 saturated carbocycles. The number of amides is 1. The van der Waals surface area contributed by atoms with Crippen LogP contribution in [0.2, 0.25) is 0 Å². The lowest BCUT2D eigenvalue weighted by Crippen LogP contribution is -2.14. The highest BCUT2D eigenvalue weighted by atomic mass is 16.3. The number of para-hydroxylation sites is 3. The Morgan fingerprint density at radius 1 is 1.11 bits per heavy atom. The third kappa shape index (κ3) is 1.81. The topological polar surface area (TPSA) is 69.2 Å². The molecule has 5 heteroatoms. The van der Waals surface area contributed by atoms with Crippen LogP contribution in [0.1, 0.15) is 0 Å². The molecule has 94 valence electrons. The third-order valence-electron chi connectivity index (χ3n) is 2.93. The van der Waals surface area contributed by atoms with Crippen molar-refractivity contribution >= 4 is 28.8 Å². The number of rotatable bonds is 3. The first kappa shape index (κ1) is 11.3. The molecule has 5 nitrogen and oxygen atoms in total. The smallest absolute Gasteiger partial charge is 0.220 e. The van der Waals surface area contributed by atoms with E-state index in [-0.39, 0.29) is 5.75 Å². The number of phenolic OH excluding ortho intramolecular Hbond substituents is 1. The molecule has 0 fully saturated rings. The van der Waals surface area contributed by atoms with Gasteiger partial charge in [0.05, 0.1) is 11.2 Å². The van der Waals surface area contributed by atoms with Crippen molar-refractivity contribution in [3.8, 4) is 5.75 Å². The summed E-state index contributed by atoms with van der Waals surface area (Å²) in [5, 5.41) is 17.7. The number of benzene rings is 2. The molecule has 19 heavy (non-hydrogen) atoms. The van der Waals surface area contributed by atoms with Crippen molar-refractivity contribution in [2.75, 3.05) is 4.90 Å². The Balaban J connectivity index is 2.18. The Morgan fingerprint density at radius 3 is 2.63 bits per heavy atom. The monoisotopic (exact) mass is 253 g/mol. The van der Waals surface area contributed by atoms with Crippen molar-refractivity contribution < 1.29 is 9.90 Å². The summed E-state index contributed by atoms with van der Waals surface area (Å²) in [6.45, 7) is 0. The summed E-state index contributed by atoms with van der Waals surface area (Å²) in [4.78, 5) is 12.7. The largest absolute Gasteiger partial charge is 0.506 e. The molecule has 0 spiro atoms. The number of anilines is 2. The van der Waals surface area contributed by atoms with Gasteiger partial charge in [-0.05, 0) is 24.3 Å². The first-order valence-corrected chi connectivity index (χ1v) is 5.77. The number of carbonyl (C=O) groups excluding carboxylic acids is 1. The zero-order valence-electron chi connectivity index (χ0n) is 9.95. The van der Waals surface area contributed by atoms with Crippen LogP contribution in [0.3, 0.4) is 0 Å². The summed E-state index contributed by atoms with van der Waals surface area (Å²) in [5.74, 6) is 0.494. The van der Waals surface area contributed by atoms with Crippen LogP contribution in [0.5, 0.6) is 5.75 Å². The zero-order valence-corrected chi connectivity index (χ0v) is 9.95.